The van der Waals surface area contributed by atoms with E-state index < -0.39 is 8.32 Å². The summed E-state index contributed by atoms with van der Waals surface area (Å²) in [6.07, 6.45) is 4.98. The molecule has 26 heavy (non-hydrogen) atoms. The van der Waals surface area contributed by atoms with Crippen LogP contribution in [-0.2, 0) is 20.4 Å². The lowest BCUT2D eigenvalue weighted by Crippen LogP contribution is -2.43. The van der Waals surface area contributed by atoms with Crippen molar-refractivity contribution in [2.75, 3.05) is 7.11 Å². The van der Waals surface area contributed by atoms with Gasteiger partial charge in [-0.3, -0.25) is 4.79 Å². The molecule has 1 heterocycles. The fourth-order valence-corrected chi connectivity index (χ4v) is 4.95. The van der Waals surface area contributed by atoms with Gasteiger partial charge in [-0.15, -0.1) is 11.3 Å². The summed E-state index contributed by atoms with van der Waals surface area (Å²) in [6, 6.07) is 3.76. The first-order valence-electron chi connectivity index (χ1n) is 9.12. The van der Waals surface area contributed by atoms with Gasteiger partial charge in [-0.2, -0.15) is 0 Å². The topological polar surface area (TPSA) is 52.6 Å². The van der Waals surface area contributed by atoms with Crippen LogP contribution in [-0.4, -0.2) is 33.3 Å². The van der Waals surface area contributed by atoms with Gasteiger partial charge in [0, 0.05) is 11.3 Å². The highest BCUT2D eigenvalue weighted by Gasteiger charge is 2.40. The van der Waals surface area contributed by atoms with Crippen molar-refractivity contribution < 1.29 is 18.8 Å². The molecule has 1 atom stereocenters. The predicted octanol–water partition coefficient (Wildman–Crippen LogP) is 5.15. The molecule has 0 saturated heterocycles. The predicted molar refractivity (Wildman–Crippen MR) is 108 cm³/mol. The Morgan fingerprint density at radius 3 is 2.58 bits per heavy atom. The van der Waals surface area contributed by atoms with Crippen molar-refractivity contribution in [3.63, 3.8) is 0 Å². The first-order valence-corrected chi connectivity index (χ1v) is 12.8. The third-order valence-electron chi connectivity index (χ3n) is 5.30. The van der Waals surface area contributed by atoms with Crippen molar-refractivity contribution in [1.82, 2.24) is 0 Å². The van der Waals surface area contributed by atoms with Crippen LogP contribution in [0.1, 0.15) is 54.6 Å². The van der Waals surface area contributed by atoms with Crippen molar-refractivity contribution in [2.45, 2.75) is 70.7 Å². The van der Waals surface area contributed by atoms with E-state index in [-0.39, 0.29) is 22.9 Å². The number of aryl methyl sites for hydroxylation is 1. The first kappa shape index (κ1) is 21.1. The molecule has 2 rings (SSSR count). The largest absolute Gasteiger partial charge is 0.465 e. The SMILES string of the molecule is COC(=O)c1ccc(CCCC2=C[C@@H](O[Si](C)(C)C(C)(C)C)CC2=O)s1. The molecule has 4 nitrogen and oxygen atoms in total. The number of esters is 1. The van der Waals surface area contributed by atoms with Crippen LogP contribution in [0.5, 0.6) is 0 Å². The molecule has 0 amide bonds. The number of carbonyl (C=O) groups excluding carboxylic acids is 2. The second-order valence-electron chi connectivity index (χ2n) is 8.35. The monoisotopic (exact) mass is 394 g/mol. The number of methoxy groups -OCH3 is 1. The van der Waals surface area contributed by atoms with Gasteiger partial charge in [0.25, 0.3) is 0 Å². The van der Waals surface area contributed by atoms with E-state index in [2.05, 4.69) is 33.9 Å². The summed E-state index contributed by atoms with van der Waals surface area (Å²) >= 11 is 1.46. The Kier molecular flexibility index (Phi) is 6.63. The van der Waals surface area contributed by atoms with Crippen LogP contribution in [0, 0.1) is 0 Å². The summed E-state index contributed by atoms with van der Waals surface area (Å²) in [6.45, 7) is 11.1. The lowest BCUT2D eigenvalue weighted by atomic mass is 10.1. The van der Waals surface area contributed by atoms with Gasteiger partial charge in [0.05, 0.1) is 13.2 Å². The van der Waals surface area contributed by atoms with E-state index >= 15 is 0 Å². The molecule has 6 heteroatoms. The van der Waals surface area contributed by atoms with Crippen LogP contribution in [0.3, 0.4) is 0 Å². The molecule has 0 unspecified atom stereocenters. The van der Waals surface area contributed by atoms with Crippen molar-refractivity contribution in [1.29, 1.82) is 0 Å². The molecule has 0 aromatic carbocycles. The maximum atomic E-state index is 12.3. The standard InChI is InChI=1S/C20H30O4SSi/c1-20(2,3)26(5,6)24-15-12-14(17(21)13-15)8-7-9-16-10-11-18(25-16)19(22)23-4/h10-12,15H,7-9,13H2,1-6H3/t15-/m1/s1. The molecule has 0 aliphatic heterocycles. The Morgan fingerprint density at radius 2 is 1.96 bits per heavy atom. The summed E-state index contributed by atoms with van der Waals surface area (Å²) in [4.78, 5) is 25.6. The Hall–Kier alpha value is -1.24. The van der Waals surface area contributed by atoms with Gasteiger partial charge < -0.3 is 9.16 Å². The molecule has 1 aliphatic rings. The fourth-order valence-electron chi connectivity index (χ4n) is 2.72. The van der Waals surface area contributed by atoms with E-state index in [1.165, 1.54) is 18.4 Å². The smallest absolute Gasteiger partial charge is 0.348 e. The third-order valence-corrected chi connectivity index (χ3v) is 10.9. The molecule has 1 aromatic rings. The maximum absolute atomic E-state index is 12.3. The van der Waals surface area contributed by atoms with Gasteiger partial charge >= 0.3 is 5.97 Å². The number of hydrogen-bond acceptors (Lipinski definition) is 5. The zero-order chi connectivity index (χ0) is 19.5. The average molecular weight is 395 g/mol. The van der Waals surface area contributed by atoms with Crippen molar-refractivity contribution >= 4 is 31.4 Å². The molecule has 1 aliphatic carbocycles. The number of hydrogen-bond donors (Lipinski definition) is 0. The van der Waals surface area contributed by atoms with Crippen LogP contribution >= 0.6 is 11.3 Å². The summed E-state index contributed by atoms with van der Waals surface area (Å²) in [5.74, 6) is -0.0734. The van der Waals surface area contributed by atoms with Crippen molar-refractivity contribution in [3.8, 4) is 0 Å². The molecule has 0 spiro atoms. The molecular formula is C20H30O4SSi. The minimum absolute atomic E-state index is 0.0638. The van der Waals surface area contributed by atoms with E-state index in [4.69, 9.17) is 9.16 Å². The zero-order valence-corrected chi connectivity index (χ0v) is 18.5. The highest BCUT2D eigenvalue weighted by molar-refractivity contribution is 7.13. The fraction of sp³-hybridized carbons (Fsp3) is 0.600. The van der Waals surface area contributed by atoms with E-state index in [0.717, 1.165) is 29.7 Å². The quantitative estimate of drug-likeness (QED) is 0.474. The van der Waals surface area contributed by atoms with E-state index in [9.17, 15) is 9.59 Å². The molecule has 0 N–H and O–H groups in total. The van der Waals surface area contributed by atoms with Crippen LogP contribution < -0.4 is 0 Å². The van der Waals surface area contributed by atoms with Crippen LogP contribution in [0.4, 0.5) is 0 Å². The molecule has 144 valence electrons. The molecule has 1 aromatic heterocycles. The highest BCUT2D eigenvalue weighted by atomic mass is 32.1. The lowest BCUT2D eigenvalue weighted by Gasteiger charge is -2.37. The summed E-state index contributed by atoms with van der Waals surface area (Å²) in [5, 5.41) is 0.142. The minimum atomic E-state index is -1.86. The van der Waals surface area contributed by atoms with E-state index in [0.29, 0.717) is 11.3 Å². The number of rotatable bonds is 7. The summed E-state index contributed by atoms with van der Waals surface area (Å²) < 4.78 is 11.1. The van der Waals surface area contributed by atoms with Crippen LogP contribution in [0.25, 0.3) is 0 Å². The van der Waals surface area contributed by atoms with Gasteiger partial charge in [-0.25, -0.2) is 4.79 Å². The van der Waals surface area contributed by atoms with Gasteiger partial charge in [0.1, 0.15) is 4.88 Å². The minimum Gasteiger partial charge on any atom is -0.465 e. The number of thiophene rings is 1. The Balaban J connectivity index is 1.88. The third kappa shape index (κ3) is 5.15. The number of ketones is 1. The van der Waals surface area contributed by atoms with E-state index in [1.54, 1.807) is 6.07 Å². The number of carbonyl (C=O) groups is 2. The molecule has 0 radical (unpaired) electrons. The Labute approximate surface area is 161 Å². The van der Waals surface area contributed by atoms with E-state index in [1.807, 2.05) is 12.1 Å². The van der Waals surface area contributed by atoms with Crippen LogP contribution in [0.2, 0.25) is 18.1 Å². The molecule has 0 saturated carbocycles. The Bertz CT molecular complexity index is 697. The van der Waals surface area contributed by atoms with Crippen molar-refractivity contribution in [2.24, 2.45) is 0 Å². The Morgan fingerprint density at radius 1 is 1.27 bits per heavy atom. The van der Waals surface area contributed by atoms with Crippen LogP contribution in [0.15, 0.2) is 23.8 Å². The lowest BCUT2D eigenvalue weighted by molar-refractivity contribution is -0.115. The zero-order valence-electron chi connectivity index (χ0n) is 16.7. The average Bonchev–Trinajstić information content (AvgIpc) is 3.12. The van der Waals surface area contributed by atoms with Gasteiger partial charge in [-0.1, -0.05) is 20.8 Å². The summed E-state index contributed by atoms with van der Waals surface area (Å²) in [7, 11) is -0.473. The first-order chi connectivity index (χ1) is 12.0. The normalized spacial score (nSPS) is 18.2. The summed E-state index contributed by atoms with van der Waals surface area (Å²) in [5.41, 5.74) is 0.901. The molecule has 0 bridgehead atoms. The second kappa shape index (κ2) is 8.19. The molecule has 0 fully saturated rings. The number of ether oxygens (including phenoxy) is 1. The van der Waals surface area contributed by atoms with Gasteiger partial charge in [-0.05, 0) is 61.2 Å². The second-order valence-corrected chi connectivity index (χ2v) is 14.3. The van der Waals surface area contributed by atoms with Gasteiger partial charge in [0.15, 0.2) is 14.1 Å². The van der Waals surface area contributed by atoms with Gasteiger partial charge in [0.2, 0.25) is 0 Å². The highest BCUT2D eigenvalue weighted by Crippen LogP contribution is 2.39. The number of Topliss-reactive ketones (excluding diaryl/α,β-unsaturated/α-hetero) is 1. The number of allylic oxidation sites excluding steroid dienone is 1. The van der Waals surface area contributed by atoms with Crippen molar-refractivity contribution in [3.05, 3.63) is 33.5 Å². The molecular weight excluding hydrogens is 364 g/mol. The maximum Gasteiger partial charge on any atom is 0.348 e.